The topological polar surface area (TPSA) is 100 Å². The molecular weight excluding hydrogens is 248 g/mol. The van der Waals surface area contributed by atoms with Gasteiger partial charge in [-0.3, -0.25) is 10.1 Å². The zero-order valence-electron chi connectivity index (χ0n) is 10.8. The molecule has 0 bridgehead atoms. The van der Waals surface area contributed by atoms with Gasteiger partial charge < -0.3 is 15.7 Å². The summed E-state index contributed by atoms with van der Waals surface area (Å²) in [6.45, 7) is 2.90. The second kappa shape index (κ2) is 5.40. The molecule has 1 aromatic heterocycles. The van der Waals surface area contributed by atoms with Crippen LogP contribution in [-0.2, 0) is 0 Å². The molecule has 0 atom stereocenters. The lowest BCUT2D eigenvalue weighted by Gasteiger charge is -2.36. The van der Waals surface area contributed by atoms with Gasteiger partial charge in [0, 0.05) is 13.1 Å². The van der Waals surface area contributed by atoms with Crippen molar-refractivity contribution in [3.05, 3.63) is 22.2 Å². The molecule has 7 heteroatoms. The van der Waals surface area contributed by atoms with E-state index in [9.17, 15) is 15.2 Å². The third-order valence-corrected chi connectivity index (χ3v) is 3.26. The Hall–Kier alpha value is -1.89. The van der Waals surface area contributed by atoms with Gasteiger partial charge in [-0.05, 0) is 26.2 Å². The molecule has 0 saturated heterocycles. The summed E-state index contributed by atoms with van der Waals surface area (Å²) in [7, 11) is 0. The van der Waals surface area contributed by atoms with Crippen LogP contribution in [0.3, 0.4) is 0 Å². The van der Waals surface area contributed by atoms with Crippen molar-refractivity contribution in [2.75, 3.05) is 23.7 Å². The summed E-state index contributed by atoms with van der Waals surface area (Å²) in [5, 5.41) is 26.8. The molecule has 3 N–H and O–H groups in total. The van der Waals surface area contributed by atoms with Crippen molar-refractivity contribution >= 4 is 17.3 Å². The maximum absolute atomic E-state index is 10.9. The van der Waals surface area contributed by atoms with Gasteiger partial charge in [-0.1, -0.05) is 0 Å². The maximum Gasteiger partial charge on any atom is 0.276 e. The third-order valence-electron chi connectivity index (χ3n) is 3.26. The number of hydrogen-bond donors (Lipinski definition) is 3. The number of aliphatic hydroxyl groups is 1. The van der Waals surface area contributed by atoms with Crippen molar-refractivity contribution in [1.29, 1.82) is 0 Å². The van der Waals surface area contributed by atoms with Gasteiger partial charge in [0.15, 0.2) is 0 Å². The Bertz CT molecular complexity index is 474. The van der Waals surface area contributed by atoms with Crippen molar-refractivity contribution in [3.63, 3.8) is 0 Å². The summed E-state index contributed by atoms with van der Waals surface area (Å²) in [4.78, 5) is 14.6. The fraction of sp³-hybridized carbons (Fsp3) is 0.583. The summed E-state index contributed by atoms with van der Waals surface area (Å²) in [5.41, 5.74) is -0.709. The minimum absolute atomic E-state index is 0.0194. The molecule has 1 saturated carbocycles. The molecule has 7 nitrogen and oxygen atoms in total. The quantitative estimate of drug-likeness (QED) is 0.535. The van der Waals surface area contributed by atoms with Crippen LogP contribution in [0.4, 0.5) is 17.3 Å². The predicted molar refractivity (Wildman–Crippen MR) is 72.3 cm³/mol. The first kappa shape index (κ1) is 13.5. The molecule has 0 aromatic carbocycles. The van der Waals surface area contributed by atoms with Gasteiger partial charge in [0.05, 0.1) is 22.7 Å². The van der Waals surface area contributed by atoms with E-state index in [1.165, 1.54) is 12.1 Å². The van der Waals surface area contributed by atoms with E-state index < -0.39 is 10.5 Å². The lowest BCUT2D eigenvalue weighted by atomic mass is 9.80. The van der Waals surface area contributed by atoms with E-state index >= 15 is 0 Å². The summed E-state index contributed by atoms with van der Waals surface area (Å²) in [6.07, 6.45) is 2.53. The van der Waals surface area contributed by atoms with Gasteiger partial charge in [0.25, 0.3) is 5.69 Å². The van der Waals surface area contributed by atoms with Crippen LogP contribution in [0.2, 0.25) is 0 Å². The summed E-state index contributed by atoms with van der Waals surface area (Å²) in [5.74, 6) is 0.866. The van der Waals surface area contributed by atoms with E-state index in [1.807, 2.05) is 6.92 Å². The fourth-order valence-corrected chi connectivity index (χ4v) is 2.00. The lowest BCUT2D eigenvalue weighted by molar-refractivity contribution is -0.384. The van der Waals surface area contributed by atoms with Gasteiger partial charge in [0.1, 0.15) is 11.6 Å². The molecular formula is C12H18N4O3. The van der Waals surface area contributed by atoms with Gasteiger partial charge in [0.2, 0.25) is 0 Å². The Kier molecular flexibility index (Phi) is 3.84. The molecule has 0 amide bonds. The second-order valence-electron chi connectivity index (χ2n) is 4.81. The SMILES string of the molecule is CCNc1cc([N+](=O)[O-])cc(NCC2(O)CCC2)n1. The zero-order valence-corrected chi connectivity index (χ0v) is 10.8. The molecule has 1 heterocycles. The number of rotatable bonds is 6. The molecule has 0 unspecified atom stereocenters. The van der Waals surface area contributed by atoms with Crippen LogP contribution in [0.15, 0.2) is 12.1 Å². The van der Waals surface area contributed by atoms with Gasteiger partial charge in [-0.15, -0.1) is 0 Å². The standard InChI is InChI=1S/C12H18N4O3/c1-2-13-10-6-9(16(18)19)7-11(15-10)14-8-12(17)4-3-5-12/h6-7,17H,2-5,8H2,1H3,(H2,13,14,15). The maximum atomic E-state index is 10.9. The predicted octanol–water partition coefficient (Wildman–Crippen LogP) is 1.75. The molecule has 0 spiro atoms. The van der Waals surface area contributed by atoms with Crippen molar-refractivity contribution in [1.82, 2.24) is 4.98 Å². The third kappa shape index (κ3) is 3.31. The van der Waals surface area contributed by atoms with Crippen molar-refractivity contribution in [3.8, 4) is 0 Å². The second-order valence-corrected chi connectivity index (χ2v) is 4.81. The highest BCUT2D eigenvalue weighted by Crippen LogP contribution is 2.31. The Balaban J connectivity index is 2.11. The van der Waals surface area contributed by atoms with E-state index in [-0.39, 0.29) is 5.69 Å². The van der Waals surface area contributed by atoms with Crippen molar-refractivity contribution < 1.29 is 10.0 Å². The molecule has 1 aliphatic carbocycles. The Labute approximate surface area is 111 Å². The first-order valence-corrected chi connectivity index (χ1v) is 6.39. The lowest BCUT2D eigenvalue weighted by Crippen LogP contribution is -2.43. The van der Waals surface area contributed by atoms with Crippen LogP contribution >= 0.6 is 0 Å². The van der Waals surface area contributed by atoms with Crippen LogP contribution < -0.4 is 10.6 Å². The molecule has 1 fully saturated rings. The Morgan fingerprint density at radius 3 is 2.53 bits per heavy atom. The normalized spacial score (nSPS) is 16.5. The molecule has 0 radical (unpaired) electrons. The van der Waals surface area contributed by atoms with E-state index in [0.29, 0.717) is 24.7 Å². The molecule has 104 valence electrons. The number of nitro groups is 1. The summed E-state index contributed by atoms with van der Waals surface area (Å²) < 4.78 is 0. The minimum atomic E-state index is -0.690. The van der Waals surface area contributed by atoms with Crippen LogP contribution in [0.25, 0.3) is 0 Å². The van der Waals surface area contributed by atoms with Crippen molar-refractivity contribution in [2.45, 2.75) is 31.8 Å². The van der Waals surface area contributed by atoms with E-state index in [0.717, 1.165) is 19.3 Å². The Morgan fingerprint density at radius 1 is 1.42 bits per heavy atom. The molecule has 1 aromatic rings. The first-order valence-electron chi connectivity index (χ1n) is 6.39. The number of nitrogens with zero attached hydrogens (tertiary/aromatic N) is 2. The molecule has 1 aliphatic rings. The fourth-order valence-electron chi connectivity index (χ4n) is 2.00. The Morgan fingerprint density at radius 2 is 2.05 bits per heavy atom. The first-order chi connectivity index (χ1) is 9.02. The van der Waals surface area contributed by atoms with Crippen LogP contribution in [0, 0.1) is 10.1 Å². The largest absolute Gasteiger partial charge is 0.388 e. The highest BCUT2D eigenvalue weighted by atomic mass is 16.6. The summed E-state index contributed by atoms with van der Waals surface area (Å²) >= 11 is 0. The monoisotopic (exact) mass is 266 g/mol. The average Bonchev–Trinajstić information content (AvgIpc) is 2.34. The van der Waals surface area contributed by atoms with Crippen LogP contribution in [0.5, 0.6) is 0 Å². The number of pyridine rings is 1. The van der Waals surface area contributed by atoms with Crippen molar-refractivity contribution in [2.24, 2.45) is 0 Å². The van der Waals surface area contributed by atoms with E-state index in [4.69, 9.17) is 0 Å². The number of hydrogen-bond acceptors (Lipinski definition) is 6. The van der Waals surface area contributed by atoms with Crippen LogP contribution in [-0.4, -0.2) is 33.7 Å². The summed E-state index contributed by atoms with van der Waals surface area (Å²) in [6, 6.07) is 2.77. The molecule has 19 heavy (non-hydrogen) atoms. The van der Waals surface area contributed by atoms with Crippen LogP contribution in [0.1, 0.15) is 26.2 Å². The van der Waals surface area contributed by atoms with Gasteiger partial charge >= 0.3 is 0 Å². The number of nitrogens with one attached hydrogen (secondary N) is 2. The minimum Gasteiger partial charge on any atom is -0.388 e. The van der Waals surface area contributed by atoms with Gasteiger partial charge in [-0.25, -0.2) is 4.98 Å². The highest BCUT2D eigenvalue weighted by molar-refractivity contribution is 5.54. The molecule has 0 aliphatic heterocycles. The highest BCUT2D eigenvalue weighted by Gasteiger charge is 2.34. The number of aromatic nitrogens is 1. The van der Waals surface area contributed by atoms with E-state index in [1.54, 1.807) is 0 Å². The van der Waals surface area contributed by atoms with Gasteiger partial charge in [-0.2, -0.15) is 0 Å². The molecule has 2 rings (SSSR count). The zero-order chi connectivity index (χ0) is 13.9. The van der Waals surface area contributed by atoms with E-state index in [2.05, 4.69) is 15.6 Å². The average molecular weight is 266 g/mol. The smallest absolute Gasteiger partial charge is 0.276 e. The number of anilines is 2.